The number of rotatable bonds is 3. The maximum Gasteiger partial charge on any atom is 0.229 e. The Morgan fingerprint density at radius 1 is 0.692 bits per heavy atom. The number of hydrogen-bond acceptors (Lipinski definition) is 2. The summed E-state index contributed by atoms with van der Waals surface area (Å²) in [5, 5.41) is 0. The highest BCUT2D eigenvalue weighted by atomic mass is 16.1. The van der Waals surface area contributed by atoms with Crippen LogP contribution >= 0.6 is 0 Å². The number of nitrogens with zero attached hydrogens (tertiary/aromatic N) is 2. The fraction of sp³-hybridized carbons (Fsp3) is 0.0435. The highest BCUT2D eigenvalue weighted by molar-refractivity contribution is 5.92. The van der Waals surface area contributed by atoms with Gasteiger partial charge in [0, 0.05) is 23.6 Å². The molecule has 1 heterocycles. The summed E-state index contributed by atoms with van der Waals surface area (Å²) in [5.74, 6) is 0.605. The molecule has 0 bridgehead atoms. The minimum absolute atomic E-state index is 0.0580. The molecule has 1 aromatic heterocycles. The minimum atomic E-state index is -0.0580. The lowest BCUT2D eigenvalue weighted by molar-refractivity contribution is 0.0940. The standard InChI is InChI=1S/C23H18N2O/c1-17(26)25-22(19-13-7-3-8-14-19)21(18-11-5-2-6-12-18)24-23(25)20-15-9-4-10-16-20/h2-16H,1H3. The first-order valence-corrected chi connectivity index (χ1v) is 8.55. The van der Waals surface area contributed by atoms with Crippen LogP contribution in [-0.2, 0) is 0 Å². The van der Waals surface area contributed by atoms with E-state index in [4.69, 9.17) is 4.98 Å². The molecule has 126 valence electrons. The number of hydrogen-bond donors (Lipinski definition) is 0. The van der Waals surface area contributed by atoms with E-state index in [1.165, 1.54) is 0 Å². The molecule has 3 aromatic carbocycles. The molecule has 0 fully saturated rings. The van der Waals surface area contributed by atoms with Gasteiger partial charge in [-0.2, -0.15) is 0 Å². The molecule has 3 nitrogen and oxygen atoms in total. The van der Waals surface area contributed by atoms with Crippen LogP contribution in [0.25, 0.3) is 33.9 Å². The summed E-state index contributed by atoms with van der Waals surface area (Å²) in [5.41, 5.74) is 4.51. The van der Waals surface area contributed by atoms with E-state index in [0.717, 1.165) is 28.1 Å². The van der Waals surface area contributed by atoms with Gasteiger partial charge in [-0.1, -0.05) is 91.0 Å². The van der Waals surface area contributed by atoms with E-state index < -0.39 is 0 Å². The second-order valence-electron chi connectivity index (χ2n) is 6.09. The van der Waals surface area contributed by atoms with E-state index >= 15 is 0 Å². The Balaban J connectivity index is 2.07. The molecule has 0 aliphatic heterocycles. The van der Waals surface area contributed by atoms with Crippen LogP contribution in [0, 0.1) is 0 Å². The largest absolute Gasteiger partial charge is 0.274 e. The first-order chi connectivity index (χ1) is 12.8. The monoisotopic (exact) mass is 338 g/mol. The molecule has 26 heavy (non-hydrogen) atoms. The van der Waals surface area contributed by atoms with Crippen molar-refractivity contribution in [2.45, 2.75) is 6.92 Å². The Labute approximate surface area is 152 Å². The quantitative estimate of drug-likeness (QED) is 0.491. The molecule has 3 heteroatoms. The van der Waals surface area contributed by atoms with E-state index in [1.54, 1.807) is 11.5 Å². The Hall–Kier alpha value is -3.46. The molecule has 0 radical (unpaired) electrons. The molecule has 0 atom stereocenters. The van der Waals surface area contributed by atoms with Crippen LogP contribution < -0.4 is 0 Å². The topological polar surface area (TPSA) is 34.9 Å². The second-order valence-corrected chi connectivity index (χ2v) is 6.09. The smallest absolute Gasteiger partial charge is 0.229 e. The summed E-state index contributed by atoms with van der Waals surface area (Å²) in [6, 6.07) is 29.8. The van der Waals surface area contributed by atoms with Crippen LogP contribution in [0.5, 0.6) is 0 Å². The number of imidazole rings is 1. The molecular formula is C23H18N2O. The molecule has 0 aliphatic rings. The molecule has 0 saturated carbocycles. The zero-order valence-corrected chi connectivity index (χ0v) is 14.5. The van der Waals surface area contributed by atoms with Gasteiger partial charge >= 0.3 is 0 Å². The Morgan fingerprint density at radius 3 is 1.65 bits per heavy atom. The zero-order chi connectivity index (χ0) is 17.9. The van der Waals surface area contributed by atoms with Gasteiger partial charge < -0.3 is 0 Å². The van der Waals surface area contributed by atoms with Crippen molar-refractivity contribution in [3.05, 3.63) is 91.0 Å². The van der Waals surface area contributed by atoms with E-state index in [-0.39, 0.29) is 5.91 Å². The van der Waals surface area contributed by atoms with Crippen LogP contribution in [0.3, 0.4) is 0 Å². The lowest BCUT2D eigenvalue weighted by Crippen LogP contribution is -2.09. The van der Waals surface area contributed by atoms with Crippen LogP contribution in [0.2, 0.25) is 0 Å². The maximum absolute atomic E-state index is 12.6. The van der Waals surface area contributed by atoms with Gasteiger partial charge in [0.05, 0.1) is 11.4 Å². The van der Waals surface area contributed by atoms with Crippen molar-refractivity contribution < 1.29 is 4.79 Å². The van der Waals surface area contributed by atoms with Gasteiger partial charge in [0.2, 0.25) is 5.91 Å². The Bertz CT molecular complexity index is 1040. The zero-order valence-electron chi connectivity index (χ0n) is 14.5. The van der Waals surface area contributed by atoms with Crippen molar-refractivity contribution in [1.29, 1.82) is 0 Å². The molecule has 0 unspecified atom stereocenters. The second kappa shape index (κ2) is 6.81. The highest BCUT2D eigenvalue weighted by Crippen LogP contribution is 2.36. The minimum Gasteiger partial charge on any atom is -0.274 e. The van der Waals surface area contributed by atoms with Crippen molar-refractivity contribution in [3.8, 4) is 33.9 Å². The van der Waals surface area contributed by atoms with E-state index in [9.17, 15) is 4.79 Å². The lowest BCUT2D eigenvalue weighted by Gasteiger charge is -2.10. The number of carbonyl (C=O) groups is 1. The van der Waals surface area contributed by atoms with Gasteiger partial charge in [0.15, 0.2) is 0 Å². The summed E-state index contributed by atoms with van der Waals surface area (Å²) >= 11 is 0. The Morgan fingerprint density at radius 2 is 1.15 bits per heavy atom. The predicted octanol–water partition coefficient (Wildman–Crippen LogP) is 5.54. The van der Waals surface area contributed by atoms with Crippen molar-refractivity contribution in [1.82, 2.24) is 9.55 Å². The van der Waals surface area contributed by atoms with Gasteiger partial charge in [0.25, 0.3) is 0 Å². The number of aromatic nitrogens is 2. The first kappa shape index (κ1) is 16.0. The van der Waals surface area contributed by atoms with Gasteiger partial charge in [-0.05, 0) is 0 Å². The molecular weight excluding hydrogens is 320 g/mol. The maximum atomic E-state index is 12.6. The molecule has 4 aromatic rings. The van der Waals surface area contributed by atoms with Crippen LogP contribution in [0.1, 0.15) is 11.7 Å². The molecule has 0 amide bonds. The fourth-order valence-electron chi connectivity index (χ4n) is 3.17. The third-order valence-corrected chi connectivity index (χ3v) is 4.32. The summed E-state index contributed by atoms with van der Waals surface area (Å²) in [6.07, 6.45) is 0. The summed E-state index contributed by atoms with van der Waals surface area (Å²) in [7, 11) is 0. The molecule has 0 spiro atoms. The predicted molar refractivity (Wildman–Crippen MR) is 105 cm³/mol. The van der Waals surface area contributed by atoms with Crippen molar-refractivity contribution in [3.63, 3.8) is 0 Å². The van der Waals surface area contributed by atoms with E-state index in [1.807, 2.05) is 91.0 Å². The average Bonchev–Trinajstić information content (AvgIpc) is 3.11. The Kier molecular flexibility index (Phi) is 4.20. The third kappa shape index (κ3) is 2.84. The molecule has 0 saturated heterocycles. The van der Waals surface area contributed by atoms with Crippen LogP contribution in [0.15, 0.2) is 91.0 Å². The number of carbonyl (C=O) groups excluding carboxylic acids is 1. The first-order valence-electron chi connectivity index (χ1n) is 8.55. The fourth-order valence-corrected chi connectivity index (χ4v) is 3.17. The average molecular weight is 338 g/mol. The summed E-state index contributed by atoms with van der Waals surface area (Å²) < 4.78 is 1.72. The van der Waals surface area contributed by atoms with Gasteiger partial charge in [-0.15, -0.1) is 0 Å². The SMILES string of the molecule is CC(=O)n1c(-c2ccccc2)nc(-c2ccccc2)c1-c1ccccc1. The van der Waals surface area contributed by atoms with Gasteiger partial charge in [-0.3, -0.25) is 9.36 Å². The normalized spacial score (nSPS) is 10.7. The van der Waals surface area contributed by atoms with Crippen molar-refractivity contribution in [2.24, 2.45) is 0 Å². The number of benzene rings is 3. The van der Waals surface area contributed by atoms with Crippen molar-refractivity contribution >= 4 is 5.91 Å². The van der Waals surface area contributed by atoms with E-state index in [0.29, 0.717) is 5.82 Å². The summed E-state index contributed by atoms with van der Waals surface area (Å²) in [4.78, 5) is 17.5. The highest BCUT2D eigenvalue weighted by Gasteiger charge is 2.22. The lowest BCUT2D eigenvalue weighted by atomic mass is 10.0. The molecule has 0 N–H and O–H groups in total. The van der Waals surface area contributed by atoms with Crippen LogP contribution in [-0.4, -0.2) is 15.5 Å². The third-order valence-electron chi connectivity index (χ3n) is 4.32. The van der Waals surface area contributed by atoms with Crippen molar-refractivity contribution in [2.75, 3.05) is 0 Å². The molecule has 0 aliphatic carbocycles. The summed E-state index contributed by atoms with van der Waals surface area (Å²) in [6.45, 7) is 1.58. The van der Waals surface area contributed by atoms with E-state index in [2.05, 4.69) is 0 Å². The molecule has 4 rings (SSSR count). The van der Waals surface area contributed by atoms with Gasteiger partial charge in [0.1, 0.15) is 5.82 Å². The van der Waals surface area contributed by atoms with Crippen LogP contribution in [0.4, 0.5) is 0 Å². The van der Waals surface area contributed by atoms with Gasteiger partial charge in [-0.25, -0.2) is 4.98 Å².